The highest BCUT2D eigenvalue weighted by atomic mass is 16.5. The molecule has 5 nitrogen and oxygen atoms in total. The lowest BCUT2D eigenvalue weighted by Crippen LogP contribution is -2.41. The molecule has 20 heavy (non-hydrogen) atoms. The summed E-state index contributed by atoms with van der Waals surface area (Å²) in [5, 5.41) is 9.27. The Morgan fingerprint density at radius 1 is 1.40 bits per heavy atom. The third kappa shape index (κ3) is 2.67. The van der Waals surface area contributed by atoms with E-state index in [-0.39, 0.29) is 12.0 Å². The van der Waals surface area contributed by atoms with Crippen molar-refractivity contribution in [3.05, 3.63) is 35.4 Å². The van der Waals surface area contributed by atoms with E-state index >= 15 is 0 Å². The Labute approximate surface area is 118 Å². The number of benzene rings is 1. The van der Waals surface area contributed by atoms with Crippen LogP contribution in [-0.2, 0) is 16.0 Å². The molecule has 0 bridgehead atoms. The molecule has 2 atom stereocenters. The summed E-state index contributed by atoms with van der Waals surface area (Å²) in [5.41, 5.74) is 1.51. The van der Waals surface area contributed by atoms with Crippen molar-refractivity contribution in [1.82, 2.24) is 4.90 Å². The summed E-state index contributed by atoms with van der Waals surface area (Å²) >= 11 is 0. The molecule has 2 rings (SSSR count). The van der Waals surface area contributed by atoms with Gasteiger partial charge in [-0.1, -0.05) is 25.1 Å². The van der Waals surface area contributed by atoms with E-state index in [2.05, 4.69) is 0 Å². The van der Waals surface area contributed by atoms with Gasteiger partial charge in [0.1, 0.15) is 6.04 Å². The third-order valence-electron chi connectivity index (χ3n) is 3.77. The Morgan fingerprint density at radius 3 is 2.70 bits per heavy atom. The molecule has 1 fully saturated rings. The van der Waals surface area contributed by atoms with Gasteiger partial charge in [-0.3, -0.25) is 4.79 Å². The van der Waals surface area contributed by atoms with Gasteiger partial charge in [-0.15, -0.1) is 0 Å². The van der Waals surface area contributed by atoms with Crippen LogP contribution in [0.5, 0.6) is 0 Å². The molecule has 0 saturated carbocycles. The number of carbonyl (C=O) groups is 2. The van der Waals surface area contributed by atoms with Gasteiger partial charge in [0.2, 0.25) is 0 Å². The average Bonchev–Trinajstić information content (AvgIpc) is 2.91. The molecule has 0 spiro atoms. The maximum Gasteiger partial charge on any atom is 0.326 e. The number of carboxylic acids is 1. The smallest absolute Gasteiger partial charge is 0.326 e. The molecule has 0 aromatic heterocycles. The van der Waals surface area contributed by atoms with Crippen molar-refractivity contribution in [2.24, 2.45) is 0 Å². The number of rotatable bonds is 4. The summed E-state index contributed by atoms with van der Waals surface area (Å²) < 4.78 is 5.21. The van der Waals surface area contributed by atoms with Crippen LogP contribution in [0.4, 0.5) is 0 Å². The van der Waals surface area contributed by atoms with Gasteiger partial charge in [0.05, 0.1) is 6.10 Å². The minimum Gasteiger partial charge on any atom is -0.480 e. The average molecular weight is 277 g/mol. The van der Waals surface area contributed by atoms with Crippen LogP contribution in [0.3, 0.4) is 0 Å². The van der Waals surface area contributed by atoms with Crippen LogP contribution >= 0.6 is 0 Å². The molecule has 5 heteroatoms. The summed E-state index contributed by atoms with van der Waals surface area (Å²) in [6, 6.07) is 6.52. The Bertz CT molecular complexity index is 514. The first kappa shape index (κ1) is 14.5. The molecule has 1 aromatic rings. The molecule has 2 unspecified atom stereocenters. The lowest BCUT2D eigenvalue weighted by atomic mass is 10.0. The topological polar surface area (TPSA) is 66.8 Å². The fourth-order valence-corrected chi connectivity index (χ4v) is 2.62. The first-order valence-corrected chi connectivity index (χ1v) is 6.73. The van der Waals surface area contributed by atoms with E-state index < -0.39 is 12.0 Å². The largest absolute Gasteiger partial charge is 0.480 e. The number of nitrogens with zero attached hydrogens (tertiary/aromatic N) is 1. The van der Waals surface area contributed by atoms with Gasteiger partial charge in [0.15, 0.2) is 0 Å². The van der Waals surface area contributed by atoms with E-state index in [4.69, 9.17) is 4.74 Å². The quantitative estimate of drug-likeness (QED) is 0.907. The molecule has 0 aliphatic carbocycles. The number of ether oxygens (including phenoxy) is 1. The van der Waals surface area contributed by atoms with Crippen molar-refractivity contribution < 1.29 is 19.4 Å². The predicted molar refractivity (Wildman–Crippen MR) is 73.7 cm³/mol. The molecular formula is C15H19NO4. The normalized spacial score (nSPS) is 22.0. The third-order valence-corrected chi connectivity index (χ3v) is 3.77. The van der Waals surface area contributed by atoms with Crippen LogP contribution in [0.2, 0.25) is 0 Å². The van der Waals surface area contributed by atoms with Crippen molar-refractivity contribution in [1.29, 1.82) is 0 Å². The fraction of sp³-hybridized carbons (Fsp3) is 0.467. The van der Waals surface area contributed by atoms with Crippen molar-refractivity contribution in [2.45, 2.75) is 31.9 Å². The van der Waals surface area contributed by atoms with E-state index in [1.165, 1.54) is 12.0 Å². The second-order valence-electron chi connectivity index (χ2n) is 4.92. The minimum absolute atomic E-state index is 0.214. The molecule has 108 valence electrons. The molecule has 1 aliphatic rings. The fourth-order valence-electron chi connectivity index (χ4n) is 2.62. The number of likely N-dealkylation sites (tertiary alicyclic amines) is 1. The molecular weight excluding hydrogens is 258 g/mol. The standard InChI is InChI=1S/C15H19NO4/c1-3-10-6-4-5-7-12(10)14(17)16-9-11(20-2)8-13(16)15(18)19/h4-7,11,13H,3,8-9H2,1-2H3,(H,18,19). The lowest BCUT2D eigenvalue weighted by molar-refractivity contribution is -0.141. The van der Waals surface area contributed by atoms with E-state index in [1.54, 1.807) is 12.1 Å². The summed E-state index contributed by atoms with van der Waals surface area (Å²) in [6.07, 6.45) is 0.862. The highest BCUT2D eigenvalue weighted by Gasteiger charge is 2.40. The first-order valence-electron chi connectivity index (χ1n) is 6.73. The van der Waals surface area contributed by atoms with Crippen molar-refractivity contribution in [3.63, 3.8) is 0 Å². The van der Waals surface area contributed by atoms with Crippen LogP contribution < -0.4 is 0 Å². The van der Waals surface area contributed by atoms with Crippen molar-refractivity contribution in [2.75, 3.05) is 13.7 Å². The highest BCUT2D eigenvalue weighted by molar-refractivity contribution is 5.98. The zero-order valence-electron chi connectivity index (χ0n) is 11.7. The molecule has 1 heterocycles. The number of hydrogen-bond acceptors (Lipinski definition) is 3. The molecule has 1 aliphatic heterocycles. The van der Waals surface area contributed by atoms with Crippen molar-refractivity contribution >= 4 is 11.9 Å². The lowest BCUT2D eigenvalue weighted by Gasteiger charge is -2.22. The van der Waals surface area contributed by atoms with Gasteiger partial charge in [-0.2, -0.15) is 0 Å². The number of aliphatic carboxylic acids is 1. The second-order valence-corrected chi connectivity index (χ2v) is 4.92. The zero-order chi connectivity index (χ0) is 14.7. The molecule has 1 N–H and O–H groups in total. The number of carboxylic acid groups (broad SMARTS) is 1. The van der Waals surface area contributed by atoms with Gasteiger partial charge in [0.25, 0.3) is 5.91 Å². The van der Waals surface area contributed by atoms with Crippen molar-refractivity contribution in [3.8, 4) is 0 Å². The van der Waals surface area contributed by atoms with Crippen LogP contribution in [0, 0.1) is 0 Å². The maximum atomic E-state index is 12.6. The van der Waals surface area contributed by atoms with E-state index in [9.17, 15) is 14.7 Å². The highest BCUT2D eigenvalue weighted by Crippen LogP contribution is 2.24. The van der Waals surface area contributed by atoms with E-state index in [0.29, 0.717) is 18.5 Å². The van der Waals surface area contributed by atoms with Gasteiger partial charge >= 0.3 is 5.97 Å². The number of hydrogen-bond donors (Lipinski definition) is 1. The molecule has 1 amide bonds. The Morgan fingerprint density at radius 2 is 2.10 bits per heavy atom. The Balaban J connectivity index is 2.29. The second kappa shape index (κ2) is 6.05. The van der Waals surface area contributed by atoms with E-state index in [0.717, 1.165) is 12.0 Å². The number of carbonyl (C=O) groups excluding carboxylic acids is 1. The monoisotopic (exact) mass is 277 g/mol. The van der Waals surface area contributed by atoms with E-state index in [1.807, 2.05) is 19.1 Å². The molecule has 1 saturated heterocycles. The number of amides is 1. The van der Waals surface area contributed by atoms with Gasteiger partial charge in [-0.05, 0) is 18.1 Å². The van der Waals surface area contributed by atoms with Gasteiger partial charge < -0.3 is 14.7 Å². The van der Waals surface area contributed by atoms with Crippen LogP contribution in [0.1, 0.15) is 29.3 Å². The Hall–Kier alpha value is -1.88. The predicted octanol–water partition coefficient (Wildman–Crippen LogP) is 1.56. The summed E-state index contributed by atoms with van der Waals surface area (Å²) in [7, 11) is 1.54. The molecule has 1 aromatic carbocycles. The summed E-state index contributed by atoms with van der Waals surface area (Å²) in [5.74, 6) is -1.21. The van der Waals surface area contributed by atoms with Gasteiger partial charge in [0, 0.05) is 25.6 Å². The van der Waals surface area contributed by atoms with Crippen LogP contribution in [0.25, 0.3) is 0 Å². The van der Waals surface area contributed by atoms with Gasteiger partial charge in [-0.25, -0.2) is 4.79 Å². The summed E-state index contributed by atoms with van der Waals surface area (Å²) in [6.45, 7) is 2.30. The van der Waals surface area contributed by atoms with Crippen LogP contribution in [-0.4, -0.2) is 47.7 Å². The number of aryl methyl sites for hydroxylation is 1. The Kier molecular flexibility index (Phi) is 4.39. The van der Waals surface area contributed by atoms with Crippen LogP contribution in [0.15, 0.2) is 24.3 Å². The summed E-state index contributed by atoms with van der Waals surface area (Å²) in [4.78, 5) is 25.3. The molecule has 0 radical (unpaired) electrons. The minimum atomic E-state index is -0.980. The maximum absolute atomic E-state index is 12.6. The SMILES string of the molecule is CCc1ccccc1C(=O)N1CC(OC)CC1C(=O)O. The number of methoxy groups -OCH3 is 1. The zero-order valence-corrected chi connectivity index (χ0v) is 11.7. The first-order chi connectivity index (χ1) is 9.58.